The van der Waals surface area contributed by atoms with Gasteiger partial charge in [-0.05, 0) is 17.7 Å². The Morgan fingerprint density at radius 3 is 2.67 bits per heavy atom. The molecule has 0 fully saturated rings. The van der Waals surface area contributed by atoms with Crippen molar-refractivity contribution in [2.24, 2.45) is 5.16 Å². The molecule has 0 radical (unpaired) electrons. The van der Waals surface area contributed by atoms with Gasteiger partial charge in [-0.3, -0.25) is 4.79 Å². The fourth-order valence-electron chi connectivity index (χ4n) is 2.01. The summed E-state index contributed by atoms with van der Waals surface area (Å²) in [5, 5.41) is 13.0. The average Bonchev–Trinajstić information content (AvgIpc) is 2.85. The van der Waals surface area contributed by atoms with E-state index in [9.17, 15) is 4.79 Å². The number of oxime groups is 1. The van der Waals surface area contributed by atoms with Crippen LogP contribution in [-0.4, -0.2) is 21.7 Å². The molecule has 2 rings (SSSR count). The van der Waals surface area contributed by atoms with Crippen LogP contribution in [0.3, 0.4) is 0 Å². The minimum Gasteiger partial charge on any atom is -0.391 e. The standard InChI is InChI=1S/C16H18N2O2S/c1-16(2,3)21-15(19)9-13-8-14(18-20-13)12-6-4-11(10-17)5-7-12/h4-7,13H,8-9H2,1-3H3. The van der Waals surface area contributed by atoms with Crippen molar-refractivity contribution in [1.29, 1.82) is 5.26 Å². The van der Waals surface area contributed by atoms with E-state index in [2.05, 4.69) is 11.2 Å². The Kier molecular flexibility index (Phi) is 4.69. The molecule has 0 spiro atoms. The maximum absolute atomic E-state index is 11.9. The Labute approximate surface area is 129 Å². The Balaban J connectivity index is 1.91. The smallest absolute Gasteiger partial charge is 0.193 e. The first kappa shape index (κ1) is 15.6. The molecule has 0 amide bonds. The second kappa shape index (κ2) is 6.31. The molecule has 1 aromatic carbocycles. The van der Waals surface area contributed by atoms with E-state index in [-0.39, 0.29) is 16.0 Å². The zero-order valence-corrected chi connectivity index (χ0v) is 13.2. The van der Waals surface area contributed by atoms with Crippen LogP contribution < -0.4 is 0 Å². The predicted octanol–water partition coefficient (Wildman–Crippen LogP) is 3.50. The summed E-state index contributed by atoms with van der Waals surface area (Å²) in [6.45, 7) is 6.05. The van der Waals surface area contributed by atoms with Crippen LogP contribution in [0.25, 0.3) is 0 Å². The van der Waals surface area contributed by atoms with Crippen molar-refractivity contribution in [3.63, 3.8) is 0 Å². The maximum Gasteiger partial charge on any atom is 0.193 e. The molecule has 0 aliphatic carbocycles. The number of rotatable bonds is 3. The van der Waals surface area contributed by atoms with Crippen LogP contribution >= 0.6 is 11.8 Å². The molecule has 110 valence electrons. The largest absolute Gasteiger partial charge is 0.391 e. The van der Waals surface area contributed by atoms with Crippen LogP contribution in [0, 0.1) is 11.3 Å². The van der Waals surface area contributed by atoms with E-state index >= 15 is 0 Å². The first-order chi connectivity index (χ1) is 9.87. The molecule has 4 nitrogen and oxygen atoms in total. The lowest BCUT2D eigenvalue weighted by molar-refractivity contribution is -0.113. The second-order valence-corrected chi connectivity index (χ2v) is 7.83. The minimum absolute atomic E-state index is 0.0769. The summed E-state index contributed by atoms with van der Waals surface area (Å²) < 4.78 is -0.0769. The van der Waals surface area contributed by atoms with Gasteiger partial charge in [0.1, 0.15) is 6.10 Å². The number of carbonyl (C=O) groups is 1. The van der Waals surface area contributed by atoms with Crippen molar-refractivity contribution in [3.05, 3.63) is 35.4 Å². The summed E-state index contributed by atoms with van der Waals surface area (Å²) in [7, 11) is 0. The Bertz CT molecular complexity index is 594. The van der Waals surface area contributed by atoms with Crippen molar-refractivity contribution in [3.8, 4) is 6.07 Å². The molecule has 0 aromatic heterocycles. The van der Waals surface area contributed by atoms with Gasteiger partial charge in [0.05, 0.1) is 23.8 Å². The van der Waals surface area contributed by atoms with E-state index in [1.54, 1.807) is 12.1 Å². The minimum atomic E-state index is -0.182. The molecule has 0 bridgehead atoms. The molecule has 1 aliphatic heterocycles. The lowest BCUT2D eigenvalue weighted by atomic mass is 10.0. The summed E-state index contributed by atoms with van der Waals surface area (Å²) in [6.07, 6.45) is 0.811. The van der Waals surface area contributed by atoms with E-state index in [1.807, 2.05) is 32.9 Å². The normalized spacial score (nSPS) is 17.8. The van der Waals surface area contributed by atoms with Crippen LogP contribution in [0.5, 0.6) is 0 Å². The highest BCUT2D eigenvalue weighted by molar-refractivity contribution is 8.14. The third kappa shape index (κ3) is 4.61. The molecule has 21 heavy (non-hydrogen) atoms. The number of hydrogen-bond acceptors (Lipinski definition) is 5. The SMILES string of the molecule is CC(C)(C)SC(=O)CC1CC(c2ccc(C#N)cc2)=NO1. The number of nitrogens with zero attached hydrogens (tertiary/aromatic N) is 2. The van der Waals surface area contributed by atoms with E-state index < -0.39 is 0 Å². The zero-order valence-electron chi connectivity index (χ0n) is 12.4. The summed E-state index contributed by atoms with van der Waals surface area (Å²) >= 11 is 1.34. The van der Waals surface area contributed by atoms with Gasteiger partial charge in [0.15, 0.2) is 5.12 Å². The lowest BCUT2D eigenvalue weighted by Gasteiger charge is -2.16. The average molecular weight is 302 g/mol. The van der Waals surface area contributed by atoms with Crippen molar-refractivity contribution in [1.82, 2.24) is 0 Å². The first-order valence-corrected chi connectivity index (χ1v) is 7.64. The molecule has 1 aromatic rings. The molecule has 5 heteroatoms. The summed E-state index contributed by atoms with van der Waals surface area (Å²) in [4.78, 5) is 17.3. The number of thioether (sulfide) groups is 1. The topological polar surface area (TPSA) is 62.5 Å². The van der Waals surface area contributed by atoms with Crippen molar-refractivity contribution in [2.75, 3.05) is 0 Å². The second-order valence-electron chi connectivity index (χ2n) is 5.95. The van der Waals surface area contributed by atoms with Gasteiger partial charge in [0.25, 0.3) is 0 Å². The quantitative estimate of drug-likeness (QED) is 0.857. The van der Waals surface area contributed by atoms with Gasteiger partial charge in [0, 0.05) is 11.2 Å². The molecular formula is C16H18N2O2S. The van der Waals surface area contributed by atoms with E-state index in [0.29, 0.717) is 18.4 Å². The molecule has 0 saturated heterocycles. The highest BCUT2D eigenvalue weighted by atomic mass is 32.2. The van der Waals surface area contributed by atoms with Gasteiger partial charge in [-0.2, -0.15) is 5.26 Å². The monoisotopic (exact) mass is 302 g/mol. The highest BCUT2D eigenvalue weighted by Gasteiger charge is 2.27. The number of benzene rings is 1. The number of nitriles is 1. The fourth-order valence-corrected chi connectivity index (χ4v) is 2.97. The van der Waals surface area contributed by atoms with Crippen LogP contribution in [0.2, 0.25) is 0 Å². The van der Waals surface area contributed by atoms with E-state index in [0.717, 1.165) is 11.3 Å². The Morgan fingerprint density at radius 1 is 1.43 bits per heavy atom. The maximum atomic E-state index is 11.9. The third-order valence-electron chi connectivity index (χ3n) is 2.89. The van der Waals surface area contributed by atoms with Gasteiger partial charge in [-0.15, -0.1) is 0 Å². The molecule has 0 saturated carbocycles. The van der Waals surface area contributed by atoms with Crippen LogP contribution in [0.15, 0.2) is 29.4 Å². The Hall–Kier alpha value is -1.80. The van der Waals surface area contributed by atoms with Crippen molar-refractivity contribution in [2.45, 2.75) is 44.5 Å². The van der Waals surface area contributed by atoms with Gasteiger partial charge in [-0.1, -0.05) is 49.8 Å². The molecular weight excluding hydrogens is 284 g/mol. The van der Waals surface area contributed by atoms with Gasteiger partial charge in [0.2, 0.25) is 0 Å². The van der Waals surface area contributed by atoms with Crippen LogP contribution in [0.1, 0.15) is 44.7 Å². The molecule has 1 atom stereocenters. The van der Waals surface area contributed by atoms with E-state index in [1.165, 1.54) is 11.8 Å². The first-order valence-electron chi connectivity index (χ1n) is 6.82. The third-order valence-corrected chi connectivity index (χ3v) is 3.90. The van der Waals surface area contributed by atoms with Crippen molar-refractivity contribution < 1.29 is 9.63 Å². The zero-order chi connectivity index (χ0) is 15.5. The lowest BCUT2D eigenvalue weighted by Crippen LogP contribution is -2.17. The molecule has 0 N–H and O–H groups in total. The highest BCUT2D eigenvalue weighted by Crippen LogP contribution is 2.28. The molecule has 1 heterocycles. The fraction of sp³-hybridized carbons (Fsp3) is 0.438. The molecule has 1 unspecified atom stereocenters. The van der Waals surface area contributed by atoms with Gasteiger partial charge >= 0.3 is 0 Å². The number of carbonyl (C=O) groups excluding carboxylic acids is 1. The van der Waals surface area contributed by atoms with E-state index in [4.69, 9.17) is 10.1 Å². The predicted molar refractivity (Wildman–Crippen MR) is 84.2 cm³/mol. The number of hydrogen-bond donors (Lipinski definition) is 0. The van der Waals surface area contributed by atoms with Gasteiger partial charge in [-0.25, -0.2) is 0 Å². The van der Waals surface area contributed by atoms with Crippen molar-refractivity contribution >= 4 is 22.6 Å². The summed E-state index contributed by atoms with van der Waals surface area (Å²) in [6, 6.07) is 9.31. The summed E-state index contributed by atoms with van der Waals surface area (Å²) in [5.41, 5.74) is 2.39. The van der Waals surface area contributed by atoms with Gasteiger partial charge < -0.3 is 4.84 Å². The Morgan fingerprint density at radius 2 is 2.10 bits per heavy atom. The van der Waals surface area contributed by atoms with Crippen LogP contribution in [-0.2, 0) is 9.63 Å². The molecule has 1 aliphatic rings. The summed E-state index contributed by atoms with van der Waals surface area (Å²) in [5.74, 6) is 0. The van der Waals surface area contributed by atoms with Crippen LogP contribution in [0.4, 0.5) is 0 Å².